The molecule has 198 valence electrons. The molecule has 0 N–H and O–H groups in total. The minimum Gasteiger partial charge on any atom is -0.493 e. The van der Waals surface area contributed by atoms with Gasteiger partial charge in [-0.3, -0.25) is 14.4 Å². The maximum atomic E-state index is 13.4. The zero-order chi connectivity index (χ0) is 26.5. The van der Waals surface area contributed by atoms with Gasteiger partial charge in [-0.15, -0.1) is 0 Å². The molecule has 1 aromatic heterocycles. The lowest BCUT2D eigenvalue weighted by atomic mass is 10.1. The molecule has 0 radical (unpaired) electrons. The van der Waals surface area contributed by atoms with Crippen molar-refractivity contribution in [2.75, 3.05) is 33.9 Å². The number of amides is 2. The highest BCUT2D eigenvalue weighted by atomic mass is 16.5. The fraction of sp³-hybridized carbons (Fsp3) is 0.519. The Labute approximate surface area is 213 Å². The molecule has 0 spiro atoms. The van der Waals surface area contributed by atoms with Gasteiger partial charge in [0.1, 0.15) is 12.3 Å². The van der Waals surface area contributed by atoms with Gasteiger partial charge in [0.05, 0.1) is 40.1 Å². The van der Waals surface area contributed by atoms with Crippen LogP contribution in [0.3, 0.4) is 0 Å². The van der Waals surface area contributed by atoms with Crippen LogP contribution in [0.25, 0.3) is 0 Å². The Morgan fingerprint density at radius 1 is 1.00 bits per heavy atom. The average molecular weight is 503 g/mol. The second kappa shape index (κ2) is 14.8. The summed E-state index contributed by atoms with van der Waals surface area (Å²) in [6, 6.07) is 9.09. The van der Waals surface area contributed by atoms with Crippen LogP contribution in [0.4, 0.5) is 0 Å². The van der Waals surface area contributed by atoms with Crippen molar-refractivity contribution >= 4 is 17.8 Å². The molecule has 0 aliphatic heterocycles. The summed E-state index contributed by atoms with van der Waals surface area (Å²) in [6.07, 6.45) is 2.81. The van der Waals surface area contributed by atoms with Crippen molar-refractivity contribution in [3.05, 3.63) is 47.9 Å². The van der Waals surface area contributed by atoms with Crippen molar-refractivity contribution in [3.63, 3.8) is 0 Å². The first-order valence-electron chi connectivity index (χ1n) is 12.3. The molecular formula is C27H38N2O7. The highest BCUT2D eigenvalue weighted by Crippen LogP contribution is 2.27. The quantitative estimate of drug-likeness (QED) is 0.341. The van der Waals surface area contributed by atoms with Crippen LogP contribution in [-0.4, -0.2) is 67.5 Å². The third-order valence-electron chi connectivity index (χ3n) is 5.99. The first kappa shape index (κ1) is 28.7. The smallest absolute Gasteiger partial charge is 0.306 e. The van der Waals surface area contributed by atoms with Gasteiger partial charge in [0, 0.05) is 19.0 Å². The summed E-state index contributed by atoms with van der Waals surface area (Å²) in [6.45, 7) is 6.46. The summed E-state index contributed by atoms with van der Waals surface area (Å²) < 4.78 is 21.1. The predicted molar refractivity (Wildman–Crippen MR) is 135 cm³/mol. The Kier molecular flexibility index (Phi) is 11.8. The Morgan fingerprint density at radius 3 is 2.36 bits per heavy atom. The lowest BCUT2D eigenvalue weighted by molar-refractivity contribution is -0.147. The molecule has 1 heterocycles. The molecule has 2 aromatic rings. The minimum atomic E-state index is -0.421. The van der Waals surface area contributed by atoms with E-state index in [1.54, 1.807) is 43.3 Å². The number of esters is 1. The normalized spacial score (nSPS) is 11.5. The second-order valence-electron chi connectivity index (χ2n) is 8.42. The molecule has 9 heteroatoms. The Bertz CT molecular complexity index is 975. The largest absolute Gasteiger partial charge is 0.493 e. The standard InChI is InChI=1S/C27H38N2O7/c1-6-20(3)29(25(30)12-13-27(32)35-7-2)19-26(31)28(18-22-9-8-16-36-22)15-14-21-10-11-23(33-4)24(17-21)34-5/h8-11,16-17,20H,6-7,12-15,18-19H2,1-5H3. The lowest BCUT2D eigenvalue weighted by Crippen LogP contribution is -2.46. The fourth-order valence-corrected chi connectivity index (χ4v) is 3.72. The van der Waals surface area contributed by atoms with E-state index in [-0.39, 0.29) is 50.4 Å². The summed E-state index contributed by atoms with van der Waals surface area (Å²) >= 11 is 0. The molecule has 9 nitrogen and oxygen atoms in total. The number of hydrogen-bond acceptors (Lipinski definition) is 7. The SMILES string of the molecule is CCOC(=O)CCC(=O)N(CC(=O)N(CCc1ccc(OC)c(OC)c1)Cc1ccco1)C(C)CC. The average Bonchev–Trinajstić information content (AvgIpc) is 3.40. The fourth-order valence-electron chi connectivity index (χ4n) is 3.72. The molecule has 0 saturated carbocycles. The van der Waals surface area contributed by atoms with E-state index in [1.807, 2.05) is 38.1 Å². The molecule has 1 unspecified atom stereocenters. The van der Waals surface area contributed by atoms with Crippen LogP contribution < -0.4 is 9.47 Å². The Balaban J connectivity index is 2.14. The molecule has 0 bridgehead atoms. The number of carbonyl (C=O) groups excluding carboxylic acids is 3. The predicted octanol–water partition coefficient (Wildman–Crippen LogP) is 3.84. The van der Waals surface area contributed by atoms with Crippen LogP contribution in [-0.2, 0) is 32.1 Å². The van der Waals surface area contributed by atoms with Crippen LogP contribution in [0.1, 0.15) is 51.4 Å². The second-order valence-corrected chi connectivity index (χ2v) is 8.42. The first-order valence-corrected chi connectivity index (χ1v) is 12.3. The highest BCUT2D eigenvalue weighted by Gasteiger charge is 2.26. The van der Waals surface area contributed by atoms with E-state index >= 15 is 0 Å². The van der Waals surface area contributed by atoms with Crippen LogP contribution >= 0.6 is 0 Å². The van der Waals surface area contributed by atoms with Gasteiger partial charge >= 0.3 is 5.97 Å². The van der Waals surface area contributed by atoms with Crippen LogP contribution in [0.5, 0.6) is 11.5 Å². The summed E-state index contributed by atoms with van der Waals surface area (Å²) in [4.78, 5) is 41.3. The van der Waals surface area contributed by atoms with Crippen molar-refractivity contribution < 1.29 is 33.0 Å². The molecule has 0 saturated heterocycles. The van der Waals surface area contributed by atoms with Crippen molar-refractivity contribution in [3.8, 4) is 11.5 Å². The van der Waals surface area contributed by atoms with Gasteiger partial charge in [0.25, 0.3) is 0 Å². The topological polar surface area (TPSA) is 98.5 Å². The van der Waals surface area contributed by atoms with Crippen LogP contribution in [0, 0.1) is 0 Å². The van der Waals surface area contributed by atoms with E-state index in [0.29, 0.717) is 36.6 Å². The molecule has 1 aromatic carbocycles. The van der Waals surface area contributed by atoms with E-state index < -0.39 is 5.97 Å². The van der Waals surface area contributed by atoms with Gasteiger partial charge in [-0.05, 0) is 56.5 Å². The molecule has 36 heavy (non-hydrogen) atoms. The number of carbonyl (C=O) groups is 3. The van der Waals surface area contributed by atoms with Crippen molar-refractivity contribution in [2.24, 2.45) is 0 Å². The maximum Gasteiger partial charge on any atom is 0.306 e. The highest BCUT2D eigenvalue weighted by molar-refractivity contribution is 5.86. The Morgan fingerprint density at radius 2 is 1.75 bits per heavy atom. The molecule has 0 fully saturated rings. The first-order chi connectivity index (χ1) is 17.3. The summed E-state index contributed by atoms with van der Waals surface area (Å²) in [7, 11) is 3.16. The van der Waals surface area contributed by atoms with E-state index in [0.717, 1.165) is 5.56 Å². The molecule has 2 amide bonds. The van der Waals surface area contributed by atoms with Crippen LogP contribution in [0.15, 0.2) is 41.0 Å². The lowest BCUT2D eigenvalue weighted by Gasteiger charge is -2.31. The number of nitrogens with zero attached hydrogens (tertiary/aromatic N) is 2. The van der Waals surface area contributed by atoms with E-state index in [1.165, 1.54) is 0 Å². The number of rotatable bonds is 15. The van der Waals surface area contributed by atoms with E-state index in [4.69, 9.17) is 18.6 Å². The number of benzene rings is 1. The summed E-state index contributed by atoms with van der Waals surface area (Å²) in [5.41, 5.74) is 0.981. The van der Waals surface area contributed by atoms with Crippen molar-refractivity contribution in [2.45, 2.75) is 59.0 Å². The minimum absolute atomic E-state index is 0.000278. The molecule has 0 aliphatic carbocycles. The maximum absolute atomic E-state index is 13.4. The number of hydrogen-bond donors (Lipinski definition) is 0. The van der Waals surface area contributed by atoms with Gasteiger partial charge in [-0.2, -0.15) is 0 Å². The zero-order valence-corrected chi connectivity index (χ0v) is 22.0. The zero-order valence-electron chi connectivity index (χ0n) is 22.0. The third-order valence-corrected chi connectivity index (χ3v) is 5.99. The van der Waals surface area contributed by atoms with E-state index in [2.05, 4.69) is 0 Å². The number of methoxy groups -OCH3 is 2. The van der Waals surface area contributed by atoms with Gasteiger partial charge in [0.15, 0.2) is 11.5 Å². The Hall–Kier alpha value is -3.49. The van der Waals surface area contributed by atoms with Gasteiger partial charge in [-0.25, -0.2) is 0 Å². The van der Waals surface area contributed by atoms with Crippen LogP contribution in [0.2, 0.25) is 0 Å². The number of furan rings is 1. The van der Waals surface area contributed by atoms with Crippen molar-refractivity contribution in [1.82, 2.24) is 9.80 Å². The molecular weight excluding hydrogens is 464 g/mol. The summed E-state index contributed by atoms with van der Waals surface area (Å²) in [5.74, 6) is 1.04. The molecule has 1 atom stereocenters. The molecule has 0 aliphatic rings. The monoisotopic (exact) mass is 502 g/mol. The summed E-state index contributed by atoms with van der Waals surface area (Å²) in [5, 5.41) is 0. The molecule has 2 rings (SSSR count). The van der Waals surface area contributed by atoms with Gasteiger partial charge < -0.3 is 28.4 Å². The number of ether oxygens (including phenoxy) is 3. The third kappa shape index (κ3) is 8.62. The van der Waals surface area contributed by atoms with Crippen molar-refractivity contribution in [1.29, 1.82) is 0 Å². The van der Waals surface area contributed by atoms with E-state index in [9.17, 15) is 14.4 Å². The van der Waals surface area contributed by atoms with Gasteiger partial charge in [-0.1, -0.05) is 13.0 Å². The van der Waals surface area contributed by atoms with Gasteiger partial charge in [0.2, 0.25) is 11.8 Å².